The molecule has 2 nitrogen and oxygen atoms in total. The van der Waals surface area contributed by atoms with Gasteiger partial charge in [-0.2, -0.15) is 0 Å². The molecule has 1 heterocycles. The number of fused-ring (bicyclic) bond motifs is 4. The molecule has 242 valence electrons. The Labute approximate surface area is 299 Å². The molecule has 1 aromatic heterocycles. The molecule has 0 bridgehead atoms. The van der Waals surface area contributed by atoms with E-state index in [4.69, 9.17) is 4.98 Å². The molecule has 8 rings (SSSR count). The molecule has 2 aliphatic rings. The Bertz CT molecular complexity index is 2340. The zero-order valence-corrected chi connectivity index (χ0v) is 30.7. The van der Waals surface area contributed by atoms with Gasteiger partial charge >= 0.3 is 0 Å². The fraction of sp³-hybridized carbons (Fsp3) is 0.156. The Kier molecular flexibility index (Phi) is 8.47. The molecule has 5 aromatic carbocycles. The van der Waals surface area contributed by atoms with Crippen molar-refractivity contribution in [3.05, 3.63) is 174 Å². The fourth-order valence-electron chi connectivity index (χ4n) is 7.87. The first kappa shape index (κ1) is 33.4. The van der Waals surface area contributed by atoms with E-state index in [-0.39, 0.29) is 39.3 Å². The molecule has 0 unspecified atom stereocenters. The molecular weight excluding hydrogens is 764 g/mol. The van der Waals surface area contributed by atoms with Crippen LogP contribution in [0.2, 0.25) is 0 Å². The zero-order chi connectivity index (χ0) is 31.8. The van der Waals surface area contributed by atoms with Crippen molar-refractivity contribution in [1.82, 2.24) is 4.98 Å². The summed E-state index contributed by atoms with van der Waals surface area (Å²) in [6, 6.07) is 42.7. The van der Waals surface area contributed by atoms with E-state index in [1.165, 1.54) is 49.0 Å². The molecule has 0 aliphatic heterocycles. The normalized spacial score (nSPS) is 14.9. The molecule has 2 aliphatic carbocycles. The second-order valence-electron chi connectivity index (χ2n) is 13.5. The van der Waals surface area contributed by atoms with Gasteiger partial charge < -0.3 is 17.3 Å². The van der Waals surface area contributed by atoms with Gasteiger partial charge in [0.2, 0.25) is 0 Å². The number of benzene rings is 5. The fourth-order valence-corrected chi connectivity index (χ4v) is 7.87. The summed E-state index contributed by atoms with van der Waals surface area (Å²) in [4.78, 5) is 7.23. The second kappa shape index (κ2) is 12.2. The van der Waals surface area contributed by atoms with Gasteiger partial charge in [-0.15, -0.1) is 64.2 Å². The third-order valence-corrected chi connectivity index (χ3v) is 10.2. The largest absolute Gasteiger partial charge is 0.358 e. The first-order valence-electron chi connectivity index (χ1n) is 16.0. The van der Waals surface area contributed by atoms with Gasteiger partial charge in [-0.3, -0.25) is 0 Å². The molecule has 0 radical (unpaired) electrons. The van der Waals surface area contributed by atoms with E-state index >= 15 is 0 Å². The Hall–Kier alpha value is -4.52. The number of aromatic nitrogens is 1. The Balaban J connectivity index is 0.00000201. The van der Waals surface area contributed by atoms with Gasteiger partial charge in [0.25, 0.3) is 0 Å². The van der Waals surface area contributed by atoms with Crippen LogP contribution in [0.15, 0.2) is 116 Å². The van der Waals surface area contributed by atoms with Crippen LogP contribution in [-0.4, -0.2) is 4.98 Å². The van der Waals surface area contributed by atoms with Gasteiger partial charge in [0.05, 0.1) is 0 Å². The predicted octanol–water partition coefficient (Wildman–Crippen LogP) is 9.88. The van der Waals surface area contributed by atoms with Gasteiger partial charge in [0.15, 0.2) is 0 Å². The summed E-state index contributed by atoms with van der Waals surface area (Å²) in [5, 5.41) is 4.90. The number of hydrogen-bond donors (Lipinski definition) is 0. The molecule has 48 heavy (non-hydrogen) atoms. The molecule has 0 atom stereocenters. The molecular formula is C45H39N2Pt-3. The molecule has 0 fully saturated rings. The van der Waals surface area contributed by atoms with Gasteiger partial charge in [-0.1, -0.05) is 113 Å². The third-order valence-electron chi connectivity index (χ3n) is 10.2. The van der Waals surface area contributed by atoms with Crippen molar-refractivity contribution in [1.29, 1.82) is 0 Å². The second-order valence-corrected chi connectivity index (χ2v) is 13.5. The standard InChI is InChI=1S/C44H36N2.CH3.Pt/c1-7-13-29-14-11-18-38-40(29)28(2)34-26-32(20-22-36(34)43(38,3)4)46(31-16-9-8-10-17-31)33-21-23-37-35(27-33)42-41-30(24-25-45-42)15-12-19-39(41)44(37,5)6;;/h7-25H,1H2,2-6H3;1H3;/q-2;-1;/b29-13-;;. The van der Waals surface area contributed by atoms with Crippen LogP contribution in [0.5, 0.6) is 0 Å². The SMILES string of the molecule is C=C/C=c1/cccc2c1=C(C)c1[c-]c(N(c3[c-]c4c(cc3)C(C)(C)c3cccc5ccnc-4c35)c3ccccc3)ccc1C2(C)C.[CH3-].[Pt]. The maximum Gasteiger partial charge on any atom is 0.0428 e. The summed E-state index contributed by atoms with van der Waals surface area (Å²) in [5.41, 5.74) is 12.3. The van der Waals surface area contributed by atoms with Crippen LogP contribution in [0.4, 0.5) is 17.1 Å². The predicted molar refractivity (Wildman–Crippen MR) is 199 cm³/mol. The molecule has 0 spiro atoms. The van der Waals surface area contributed by atoms with Crippen LogP contribution in [0.1, 0.15) is 62.4 Å². The third kappa shape index (κ3) is 4.84. The van der Waals surface area contributed by atoms with Crippen LogP contribution in [0.25, 0.3) is 33.7 Å². The minimum Gasteiger partial charge on any atom is -0.358 e. The average molecular weight is 803 g/mol. The van der Waals surface area contributed by atoms with Crippen molar-refractivity contribution in [2.24, 2.45) is 0 Å². The van der Waals surface area contributed by atoms with Crippen LogP contribution in [0.3, 0.4) is 0 Å². The van der Waals surface area contributed by atoms with Crippen molar-refractivity contribution in [3.63, 3.8) is 0 Å². The van der Waals surface area contributed by atoms with Crippen molar-refractivity contribution in [2.45, 2.75) is 45.4 Å². The number of pyridine rings is 1. The molecule has 0 amide bonds. The van der Waals surface area contributed by atoms with Gasteiger partial charge in [-0.05, 0) is 73.2 Å². The van der Waals surface area contributed by atoms with Gasteiger partial charge in [0, 0.05) is 32.9 Å². The first-order valence-corrected chi connectivity index (χ1v) is 16.0. The van der Waals surface area contributed by atoms with Crippen molar-refractivity contribution in [3.8, 4) is 11.3 Å². The molecule has 6 aromatic rings. The van der Waals surface area contributed by atoms with Gasteiger partial charge in [0.1, 0.15) is 0 Å². The minimum absolute atomic E-state index is 0. The van der Waals surface area contributed by atoms with Crippen LogP contribution < -0.4 is 15.3 Å². The topological polar surface area (TPSA) is 16.1 Å². The molecule has 0 N–H and O–H groups in total. The number of rotatable bonds is 4. The van der Waals surface area contributed by atoms with E-state index in [0.29, 0.717) is 0 Å². The minimum atomic E-state index is -0.180. The number of nitrogens with zero attached hydrogens (tertiary/aromatic N) is 2. The maximum absolute atomic E-state index is 4.95. The Morgan fingerprint density at radius 3 is 2.02 bits per heavy atom. The quantitative estimate of drug-likeness (QED) is 0.165. The van der Waals surface area contributed by atoms with Crippen molar-refractivity contribution in [2.75, 3.05) is 4.90 Å². The summed E-state index contributed by atoms with van der Waals surface area (Å²) < 4.78 is 0. The van der Waals surface area contributed by atoms with E-state index < -0.39 is 0 Å². The summed E-state index contributed by atoms with van der Waals surface area (Å²) >= 11 is 0. The summed E-state index contributed by atoms with van der Waals surface area (Å²) in [6.07, 6.45) is 5.91. The number of para-hydroxylation sites is 1. The van der Waals surface area contributed by atoms with Crippen LogP contribution in [-0.2, 0) is 31.9 Å². The van der Waals surface area contributed by atoms with E-state index in [1.54, 1.807) is 0 Å². The molecule has 3 heteroatoms. The average Bonchev–Trinajstić information content (AvgIpc) is 3.07. The monoisotopic (exact) mass is 802 g/mol. The van der Waals surface area contributed by atoms with E-state index in [0.717, 1.165) is 33.9 Å². The smallest absolute Gasteiger partial charge is 0.0428 e. The van der Waals surface area contributed by atoms with Crippen molar-refractivity contribution < 1.29 is 21.1 Å². The first-order chi connectivity index (χ1) is 22.2. The molecule has 0 saturated carbocycles. The summed E-state index contributed by atoms with van der Waals surface area (Å²) in [6.45, 7) is 15.5. The van der Waals surface area contributed by atoms with E-state index in [2.05, 4.69) is 161 Å². The maximum atomic E-state index is 4.95. The Morgan fingerprint density at radius 1 is 0.688 bits per heavy atom. The van der Waals surface area contributed by atoms with Crippen molar-refractivity contribution >= 4 is 39.5 Å². The van der Waals surface area contributed by atoms with Crippen LogP contribution in [0, 0.1) is 19.6 Å². The zero-order valence-electron chi connectivity index (χ0n) is 28.4. The van der Waals surface area contributed by atoms with E-state index in [1.807, 2.05) is 12.3 Å². The number of anilines is 3. The molecule has 0 saturated heterocycles. The Morgan fingerprint density at radius 2 is 1.31 bits per heavy atom. The summed E-state index contributed by atoms with van der Waals surface area (Å²) in [7, 11) is 0. The summed E-state index contributed by atoms with van der Waals surface area (Å²) in [5.74, 6) is 0. The number of hydrogen-bond acceptors (Lipinski definition) is 2. The van der Waals surface area contributed by atoms with E-state index in [9.17, 15) is 0 Å². The number of allylic oxidation sites excluding steroid dienone is 1. The van der Waals surface area contributed by atoms with Crippen LogP contribution >= 0.6 is 0 Å². The van der Waals surface area contributed by atoms with Gasteiger partial charge in [-0.25, -0.2) is 0 Å².